The Morgan fingerprint density at radius 2 is 1.43 bits per heavy atom. The van der Waals surface area contributed by atoms with Crippen LogP contribution in [0, 0.1) is 0 Å². The predicted octanol–water partition coefficient (Wildman–Crippen LogP) is 4.50. The van der Waals surface area contributed by atoms with E-state index in [-0.39, 0.29) is 30.7 Å². The molecule has 1 saturated carbocycles. The summed E-state index contributed by atoms with van der Waals surface area (Å²) in [5.74, 6) is 0.707. The Bertz CT molecular complexity index is 1330. The van der Waals surface area contributed by atoms with Crippen molar-refractivity contribution in [2.45, 2.75) is 56.7 Å². The molecule has 1 aliphatic carbocycles. The second-order valence-corrected chi connectivity index (χ2v) is 12.4. The van der Waals surface area contributed by atoms with Gasteiger partial charge in [-0.1, -0.05) is 19.3 Å². The van der Waals surface area contributed by atoms with Crippen LogP contribution in [0.25, 0.3) is 0 Å². The number of hydrogen-bond acceptors (Lipinski definition) is 6. The molecular weight excluding hydrogens is 571 g/mol. The summed E-state index contributed by atoms with van der Waals surface area (Å²) in [5, 5.41) is 6.55. The van der Waals surface area contributed by atoms with Gasteiger partial charge in [-0.15, -0.1) is 0 Å². The first kappa shape index (κ1) is 30.7. The van der Waals surface area contributed by atoms with Gasteiger partial charge in [-0.3, -0.25) is 9.59 Å². The van der Waals surface area contributed by atoms with Gasteiger partial charge in [-0.2, -0.15) is 13.2 Å². The first-order chi connectivity index (χ1) is 21.3. The Morgan fingerprint density at radius 3 is 2.07 bits per heavy atom. The van der Waals surface area contributed by atoms with Crippen molar-refractivity contribution in [2.24, 2.45) is 0 Å². The summed E-state index contributed by atoms with van der Waals surface area (Å²) in [6, 6.07) is 9.43. The zero-order valence-electron chi connectivity index (χ0n) is 25.1. The molecule has 0 aromatic heterocycles. The average Bonchev–Trinajstić information content (AvgIpc) is 3.58. The molecular formula is C33H42F3N5O3. The van der Waals surface area contributed by atoms with Crippen molar-refractivity contribution in [1.82, 2.24) is 20.4 Å². The van der Waals surface area contributed by atoms with Gasteiger partial charge in [0.05, 0.1) is 5.56 Å². The molecule has 2 N–H and O–H groups in total. The summed E-state index contributed by atoms with van der Waals surface area (Å²) in [7, 11) is 0. The summed E-state index contributed by atoms with van der Waals surface area (Å²) >= 11 is 0. The fraction of sp³-hybridized carbons (Fsp3) is 0.576. The molecule has 0 unspecified atom stereocenters. The summed E-state index contributed by atoms with van der Waals surface area (Å²) in [4.78, 5) is 32.3. The van der Waals surface area contributed by atoms with E-state index in [2.05, 4.69) is 10.6 Å². The van der Waals surface area contributed by atoms with Crippen LogP contribution in [-0.4, -0.2) is 93.2 Å². The molecule has 2 amide bonds. The fourth-order valence-corrected chi connectivity index (χ4v) is 6.91. The maximum atomic E-state index is 13.8. The number of alkyl halides is 3. The molecule has 1 atom stereocenters. The predicted molar refractivity (Wildman–Crippen MR) is 163 cm³/mol. The van der Waals surface area contributed by atoms with E-state index in [1.165, 1.54) is 19.3 Å². The van der Waals surface area contributed by atoms with Gasteiger partial charge in [0.25, 0.3) is 11.8 Å². The smallest absolute Gasteiger partial charge is 0.416 e. The maximum absolute atomic E-state index is 13.8. The highest BCUT2D eigenvalue weighted by Crippen LogP contribution is 2.39. The van der Waals surface area contributed by atoms with Crippen molar-refractivity contribution >= 4 is 17.5 Å². The second-order valence-electron chi connectivity index (χ2n) is 12.4. The van der Waals surface area contributed by atoms with Gasteiger partial charge in [-0.25, -0.2) is 0 Å². The number of carbonyl (C=O) groups excluding carboxylic acids is 2. The highest BCUT2D eigenvalue weighted by molar-refractivity contribution is 5.97. The van der Waals surface area contributed by atoms with Gasteiger partial charge in [-0.05, 0) is 73.7 Å². The molecule has 8 nitrogen and oxygen atoms in total. The number of nitrogens with one attached hydrogen (secondary N) is 2. The van der Waals surface area contributed by atoms with Crippen LogP contribution in [0.4, 0.5) is 18.9 Å². The number of benzene rings is 2. The normalized spacial score (nSPS) is 21.9. The molecule has 3 heterocycles. The standard InChI is InChI=1S/C33H42F3N5O3/c34-33(35,36)26-18-25(19-27(21-26)39-12-10-37-11-13-39)32(43)41-16-14-40(15-17-41)31(42)24-6-7-30(44-28-8-9-38-22-28)29(20-24)23-4-2-1-3-5-23/h6-7,18-21,23,28,37-38H,1-5,8-17,22H2/t28-/m0/s1. The lowest BCUT2D eigenvalue weighted by Gasteiger charge is -2.35. The number of carbonyl (C=O) groups is 2. The molecule has 0 bridgehead atoms. The molecule has 2 aromatic carbocycles. The minimum Gasteiger partial charge on any atom is -0.489 e. The first-order valence-corrected chi connectivity index (χ1v) is 16.0. The van der Waals surface area contributed by atoms with Crippen LogP contribution in [0.2, 0.25) is 0 Å². The highest BCUT2D eigenvalue weighted by Gasteiger charge is 2.34. The number of ether oxygens (including phenoxy) is 1. The van der Waals surface area contributed by atoms with Crippen LogP contribution in [0.5, 0.6) is 5.75 Å². The Morgan fingerprint density at radius 1 is 0.750 bits per heavy atom. The van der Waals surface area contributed by atoms with Crippen molar-refractivity contribution < 1.29 is 27.5 Å². The van der Waals surface area contributed by atoms with Crippen LogP contribution in [0.15, 0.2) is 36.4 Å². The average molecular weight is 614 g/mol. The Hall–Kier alpha value is -3.31. The number of piperazine rings is 2. The SMILES string of the molecule is O=C(c1cc(N2CCNCC2)cc(C(F)(F)F)c1)N1CCN(C(=O)c2ccc(O[C@H]3CCNC3)c(C3CCCCC3)c2)CC1. The molecule has 4 fully saturated rings. The van der Waals surface area contributed by atoms with Crippen LogP contribution in [0.1, 0.15) is 76.3 Å². The van der Waals surface area contributed by atoms with E-state index in [1.54, 1.807) is 15.9 Å². The molecule has 4 aliphatic rings. The van der Waals surface area contributed by atoms with E-state index >= 15 is 0 Å². The van der Waals surface area contributed by atoms with E-state index in [1.807, 2.05) is 23.1 Å². The molecule has 44 heavy (non-hydrogen) atoms. The van der Waals surface area contributed by atoms with E-state index in [9.17, 15) is 22.8 Å². The zero-order valence-corrected chi connectivity index (χ0v) is 25.1. The van der Waals surface area contributed by atoms with Crippen molar-refractivity contribution in [2.75, 3.05) is 70.3 Å². The molecule has 238 valence electrons. The fourth-order valence-electron chi connectivity index (χ4n) is 6.91. The van der Waals surface area contributed by atoms with Gasteiger partial charge < -0.3 is 30.1 Å². The quantitative estimate of drug-likeness (QED) is 0.500. The number of amides is 2. The Balaban J connectivity index is 1.15. The third-order valence-corrected chi connectivity index (χ3v) is 9.44. The minimum absolute atomic E-state index is 0.0262. The van der Waals surface area contributed by atoms with Gasteiger partial charge in [0.2, 0.25) is 0 Å². The van der Waals surface area contributed by atoms with Crippen molar-refractivity contribution in [3.05, 3.63) is 58.7 Å². The van der Waals surface area contributed by atoms with Crippen molar-refractivity contribution in [1.29, 1.82) is 0 Å². The molecule has 0 spiro atoms. The lowest BCUT2D eigenvalue weighted by Crippen LogP contribution is -2.50. The molecule has 2 aromatic rings. The summed E-state index contributed by atoms with van der Waals surface area (Å²) in [5.41, 5.74) is 1.33. The van der Waals surface area contributed by atoms with Gasteiger partial charge in [0, 0.05) is 75.7 Å². The van der Waals surface area contributed by atoms with E-state index in [0.29, 0.717) is 56.4 Å². The molecule has 3 aliphatic heterocycles. The summed E-state index contributed by atoms with van der Waals surface area (Å²) in [6.45, 7) is 5.41. The lowest BCUT2D eigenvalue weighted by molar-refractivity contribution is -0.137. The molecule has 0 radical (unpaired) electrons. The Kier molecular flexibility index (Phi) is 9.32. The largest absolute Gasteiger partial charge is 0.489 e. The molecule has 11 heteroatoms. The van der Waals surface area contributed by atoms with Gasteiger partial charge in [0.1, 0.15) is 11.9 Å². The van der Waals surface area contributed by atoms with Crippen LogP contribution in [-0.2, 0) is 6.18 Å². The van der Waals surface area contributed by atoms with Gasteiger partial charge >= 0.3 is 6.18 Å². The maximum Gasteiger partial charge on any atom is 0.416 e. The third-order valence-electron chi connectivity index (χ3n) is 9.44. The zero-order chi connectivity index (χ0) is 30.7. The number of anilines is 1. The van der Waals surface area contributed by atoms with Crippen molar-refractivity contribution in [3.63, 3.8) is 0 Å². The van der Waals surface area contributed by atoms with Crippen molar-refractivity contribution in [3.8, 4) is 5.75 Å². The van der Waals surface area contributed by atoms with Crippen LogP contribution in [0.3, 0.4) is 0 Å². The summed E-state index contributed by atoms with van der Waals surface area (Å²) < 4.78 is 47.7. The van der Waals surface area contributed by atoms with E-state index in [0.717, 1.165) is 55.8 Å². The van der Waals surface area contributed by atoms with Crippen LogP contribution >= 0.6 is 0 Å². The lowest BCUT2D eigenvalue weighted by atomic mass is 9.83. The molecule has 6 rings (SSSR count). The number of halogens is 3. The number of rotatable bonds is 6. The molecule has 3 saturated heterocycles. The first-order valence-electron chi connectivity index (χ1n) is 16.0. The number of hydrogen-bond donors (Lipinski definition) is 2. The van der Waals surface area contributed by atoms with Gasteiger partial charge in [0.15, 0.2) is 0 Å². The minimum atomic E-state index is -4.56. The van der Waals surface area contributed by atoms with E-state index < -0.39 is 17.6 Å². The Labute approximate surface area is 256 Å². The monoisotopic (exact) mass is 613 g/mol. The second kappa shape index (κ2) is 13.4. The van der Waals surface area contributed by atoms with E-state index in [4.69, 9.17) is 4.74 Å². The third kappa shape index (κ3) is 6.99. The summed E-state index contributed by atoms with van der Waals surface area (Å²) in [6.07, 6.45) is 2.29. The number of nitrogens with zero attached hydrogens (tertiary/aromatic N) is 3. The highest BCUT2D eigenvalue weighted by atomic mass is 19.4. The van der Waals surface area contributed by atoms with Crippen LogP contribution < -0.4 is 20.3 Å². The topological polar surface area (TPSA) is 77.2 Å².